The van der Waals surface area contributed by atoms with Crippen LogP contribution >= 0.6 is 0 Å². The topological polar surface area (TPSA) is 50.1 Å². The number of rotatable bonds is 4. The summed E-state index contributed by atoms with van der Waals surface area (Å²) in [5.74, 6) is 0. The number of aliphatic hydroxyl groups excluding tert-OH is 1. The molecule has 0 unspecified atom stereocenters. The normalized spacial score (nSPS) is 19.3. The van der Waals surface area contributed by atoms with Crippen LogP contribution in [0.2, 0.25) is 0 Å². The molecule has 1 fully saturated rings. The van der Waals surface area contributed by atoms with Crippen LogP contribution in [-0.2, 0) is 13.6 Å². The quantitative estimate of drug-likeness (QED) is 0.732. The molecule has 1 aromatic rings. The number of hydrogen-bond donors (Lipinski definition) is 2. The monoisotopic (exact) mass is 195 g/mol. The molecule has 0 atom stereocenters. The highest BCUT2D eigenvalue weighted by molar-refractivity contribution is 5.03. The van der Waals surface area contributed by atoms with Crippen molar-refractivity contribution in [2.75, 3.05) is 6.61 Å². The van der Waals surface area contributed by atoms with E-state index < -0.39 is 0 Å². The molecule has 0 bridgehead atoms. The Labute approximate surface area is 83.9 Å². The van der Waals surface area contributed by atoms with Crippen LogP contribution in [0.1, 0.15) is 25.0 Å². The van der Waals surface area contributed by atoms with Crippen molar-refractivity contribution >= 4 is 0 Å². The SMILES string of the molecule is Cn1nccc1CNC1(CO)CCC1. The first kappa shape index (κ1) is 9.68. The fourth-order valence-electron chi connectivity index (χ4n) is 1.85. The average molecular weight is 195 g/mol. The Morgan fingerprint density at radius 2 is 2.43 bits per heavy atom. The average Bonchev–Trinajstić information content (AvgIpc) is 2.51. The van der Waals surface area contributed by atoms with Gasteiger partial charge in [-0.15, -0.1) is 0 Å². The van der Waals surface area contributed by atoms with Gasteiger partial charge in [-0.25, -0.2) is 0 Å². The first-order valence-electron chi connectivity index (χ1n) is 5.09. The molecule has 0 radical (unpaired) electrons. The molecule has 0 spiro atoms. The molecule has 0 aromatic carbocycles. The molecule has 1 saturated carbocycles. The van der Waals surface area contributed by atoms with Crippen molar-refractivity contribution in [3.63, 3.8) is 0 Å². The molecule has 2 rings (SSSR count). The molecular weight excluding hydrogens is 178 g/mol. The van der Waals surface area contributed by atoms with E-state index in [1.54, 1.807) is 6.20 Å². The van der Waals surface area contributed by atoms with Gasteiger partial charge in [0.25, 0.3) is 0 Å². The Bertz CT molecular complexity index is 299. The Morgan fingerprint density at radius 1 is 1.64 bits per heavy atom. The third-order valence-electron chi connectivity index (χ3n) is 3.18. The van der Waals surface area contributed by atoms with Crippen molar-refractivity contribution in [1.29, 1.82) is 0 Å². The molecule has 1 aliphatic rings. The van der Waals surface area contributed by atoms with Crippen LogP contribution in [0, 0.1) is 0 Å². The van der Waals surface area contributed by atoms with Crippen LogP contribution in [0.5, 0.6) is 0 Å². The van der Waals surface area contributed by atoms with Gasteiger partial charge >= 0.3 is 0 Å². The molecule has 78 valence electrons. The number of aliphatic hydroxyl groups is 1. The molecule has 0 saturated heterocycles. The van der Waals surface area contributed by atoms with E-state index in [1.807, 2.05) is 17.8 Å². The smallest absolute Gasteiger partial charge is 0.0613 e. The molecule has 4 heteroatoms. The van der Waals surface area contributed by atoms with E-state index >= 15 is 0 Å². The highest BCUT2D eigenvalue weighted by Crippen LogP contribution is 2.31. The number of hydrogen-bond acceptors (Lipinski definition) is 3. The molecular formula is C10H17N3O. The maximum Gasteiger partial charge on any atom is 0.0613 e. The number of aryl methyl sites for hydroxylation is 1. The van der Waals surface area contributed by atoms with E-state index in [2.05, 4.69) is 10.4 Å². The lowest BCUT2D eigenvalue weighted by Gasteiger charge is -2.41. The third kappa shape index (κ3) is 1.67. The highest BCUT2D eigenvalue weighted by Gasteiger charge is 2.35. The van der Waals surface area contributed by atoms with Crippen molar-refractivity contribution in [2.45, 2.75) is 31.3 Å². The molecule has 1 aliphatic carbocycles. The second kappa shape index (κ2) is 3.71. The van der Waals surface area contributed by atoms with Gasteiger partial charge in [-0.05, 0) is 25.3 Å². The fraction of sp³-hybridized carbons (Fsp3) is 0.700. The molecule has 0 amide bonds. The van der Waals surface area contributed by atoms with E-state index in [4.69, 9.17) is 0 Å². The Morgan fingerprint density at radius 3 is 2.86 bits per heavy atom. The summed E-state index contributed by atoms with van der Waals surface area (Å²) < 4.78 is 1.86. The lowest BCUT2D eigenvalue weighted by atomic mass is 9.77. The van der Waals surface area contributed by atoms with Gasteiger partial charge in [0.15, 0.2) is 0 Å². The third-order valence-corrected chi connectivity index (χ3v) is 3.18. The van der Waals surface area contributed by atoms with Gasteiger partial charge in [-0.2, -0.15) is 5.10 Å². The van der Waals surface area contributed by atoms with E-state index in [9.17, 15) is 5.11 Å². The zero-order valence-electron chi connectivity index (χ0n) is 8.53. The summed E-state index contributed by atoms with van der Waals surface area (Å²) in [6, 6.07) is 2.00. The number of aromatic nitrogens is 2. The summed E-state index contributed by atoms with van der Waals surface area (Å²) in [5.41, 5.74) is 1.15. The summed E-state index contributed by atoms with van der Waals surface area (Å²) >= 11 is 0. The zero-order chi connectivity index (χ0) is 10.0. The highest BCUT2D eigenvalue weighted by atomic mass is 16.3. The Kier molecular flexibility index (Phi) is 2.56. The first-order chi connectivity index (χ1) is 6.76. The summed E-state index contributed by atoms with van der Waals surface area (Å²) in [5, 5.41) is 16.8. The fourth-order valence-corrected chi connectivity index (χ4v) is 1.85. The molecule has 1 heterocycles. The van der Waals surface area contributed by atoms with E-state index in [-0.39, 0.29) is 12.1 Å². The largest absolute Gasteiger partial charge is 0.394 e. The van der Waals surface area contributed by atoms with Crippen molar-refractivity contribution < 1.29 is 5.11 Å². The van der Waals surface area contributed by atoms with Crippen LogP contribution in [-0.4, -0.2) is 27.0 Å². The van der Waals surface area contributed by atoms with Crippen LogP contribution in [0.4, 0.5) is 0 Å². The van der Waals surface area contributed by atoms with Crippen LogP contribution < -0.4 is 5.32 Å². The minimum Gasteiger partial charge on any atom is -0.394 e. The van der Waals surface area contributed by atoms with Crippen molar-refractivity contribution in [1.82, 2.24) is 15.1 Å². The van der Waals surface area contributed by atoms with Gasteiger partial charge in [-0.1, -0.05) is 0 Å². The molecule has 1 aromatic heterocycles. The van der Waals surface area contributed by atoms with E-state index in [0.717, 1.165) is 25.1 Å². The van der Waals surface area contributed by atoms with Gasteiger partial charge in [0.1, 0.15) is 0 Å². The molecule has 14 heavy (non-hydrogen) atoms. The van der Waals surface area contributed by atoms with Crippen molar-refractivity contribution in [2.24, 2.45) is 7.05 Å². The lowest BCUT2D eigenvalue weighted by molar-refractivity contribution is 0.0865. The minimum atomic E-state index is -0.00965. The standard InChI is InChI=1S/C10H17N3O/c1-13-9(3-6-12-13)7-11-10(8-14)4-2-5-10/h3,6,11,14H,2,4-5,7-8H2,1H3. The number of nitrogens with one attached hydrogen (secondary N) is 1. The van der Waals surface area contributed by atoms with Crippen LogP contribution in [0.25, 0.3) is 0 Å². The Balaban J connectivity index is 1.90. The summed E-state index contributed by atoms with van der Waals surface area (Å²) in [7, 11) is 1.93. The summed E-state index contributed by atoms with van der Waals surface area (Å²) in [4.78, 5) is 0. The van der Waals surface area contributed by atoms with Gasteiger partial charge in [0, 0.05) is 25.3 Å². The second-order valence-electron chi connectivity index (χ2n) is 4.09. The summed E-state index contributed by atoms with van der Waals surface area (Å²) in [6.45, 7) is 1.03. The molecule has 4 nitrogen and oxygen atoms in total. The first-order valence-corrected chi connectivity index (χ1v) is 5.09. The lowest BCUT2D eigenvalue weighted by Crippen LogP contribution is -2.53. The predicted octanol–water partition coefficient (Wildman–Crippen LogP) is 0.425. The van der Waals surface area contributed by atoms with E-state index in [0.29, 0.717) is 0 Å². The van der Waals surface area contributed by atoms with Gasteiger partial charge in [0.05, 0.1) is 12.3 Å². The second-order valence-corrected chi connectivity index (χ2v) is 4.09. The van der Waals surface area contributed by atoms with Crippen molar-refractivity contribution in [3.8, 4) is 0 Å². The minimum absolute atomic E-state index is 0.00965. The maximum absolute atomic E-state index is 9.25. The summed E-state index contributed by atoms with van der Waals surface area (Å²) in [6.07, 6.45) is 5.19. The van der Waals surface area contributed by atoms with Crippen molar-refractivity contribution in [3.05, 3.63) is 18.0 Å². The zero-order valence-corrected chi connectivity index (χ0v) is 8.53. The van der Waals surface area contributed by atoms with Crippen LogP contribution in [0.3, 0.4) is 0 Å². The predicted molar refractivity (Wildman–Crippen MR) is 53.7 cm³/mol. The molecule has 0 aliphatic heterocycles. The van der Waals surface area contributed by atoms with Gasteiger partial charge in [-0.3, -0.25) is 4.68 Å². The molecule has 2 N–H and O–H groups in total. The number of nitrogens with zero attached hydrogens (tertiary/aromatic N) is 2. The van der Waals surface area contributed by atoms with E-state index in [1.165, 1.54) is 6.42 Å². The van der Waals surface area contributed by atoms with Gasteiger partial charge < -0.3 is 10.4 Å². The van der Waals surface area contributed by atoms with Gasteiger partial charge in [0.2, 0.25) is 0 Å². The van der Waals surface area contributed by atoms with Crippen LogP contribution in [0.15, 0.2) is 12.3 Å². The Hall–Kier alpha value is -0.870. The maximum atomic E-state index is 9.25.